The van der Waals surface area contributed by atoms with E-state index in [-0.39, 0.29) is 11.8 Å². The molecule has 0 atom stereocenters. The second-order valence-corrected chi connectivity index (χ2v) is 8.23. The molecule has 1 aromatic rings. The van der Waals surface area contributed by atoms with Gasteiger partial charge in [0.15, 0.2) is 0 Å². The number of hydrogen-bond acceptors (Lipinski definition) is 4. The maximum Gasteiger partial charge on any atom is 0.230 e. The molecule has 23 heavy (non-hydrogen) atoms. The van der Waals surface area contributed by atoms with Crippen LogP contribution in [0, 0.1) is 12.8 Å². The lowest BCUT2D eigenvalue weighted by Crippen LogP contribution is -2.46. The van der Waals surface area contributed by atoms with Gasteiger partial charge in [0.1, 0.15) is 12.4 Å². The zero-order valence-electron chi connectivity index (χ0n) is 13.5. The summed E-state index contributed by atoms with van der Waals surface area (Å²) < 4.78 is 30.2. The van der Waals surface area contributed by atoms with Crippen LogP contribution >= 0.6 is 0 Å². The summed E-state index contributed by atoms with van der Waals surface area (Å²) in [6.45, 7) is 3.86. The lowest BCUT2D eigenvalue weighted by Gasteiger charge is -2.35. The van der Waals surface area contributed by atoms with E-state index in [9.17, 15) is 13.2 Å². The molecule has 3 rings (SSSR count). The molecule has 2 heterocycles. The van der Waals surface area contributed by atoms with Crippen molar-refractivity contribution < 1.29 is 17.9 Å². The summed E-state index contributed by atoms with van der Waals surface area (Å²) in [6, 6.07) is 5.84. The fraction of sp³-hybridized carbons (Fsp3) is 0.562. The van der Waals surface area contributed by atoms with E-state index in [0.29, 0.717) is 39.1 Å². The average Bonchev–Trinajstić information content (AvgIpc) is 2.53. The summed E-state index contributed by atoms with van der Waals surface area (Å²) in [5, 5.41) is 0. The van der Waals surface area contributed by atoms with E-state index in [2.05, 4.69) is 0 Å². The quantitative estimate of drug-likeness (QED) is 0.817. The molecule has 0 aliphatic carbocycles. The molecule has 0 N–H and O–H groups in total. The van der Waals surface area contributed by atoms with Gasteiger partial charge < -0.3 is 9.64 Å². The van der Waals surface area contributed by atoms with Crippen molar-refractivity contribution in [3.8, 4) is 5.75 Å². The van der Waals surface area contributed by atoms with Gasteiger partial charge in [0.05, 0.1) is 18.5 Å². The molecule has 1 amide bonds. The Bertz CT molecular complexity index is 709. The molecule has 1 aromatic carbocycles. The molecule has 6 nitrogen and oxygen atoms in total. The Morgan fingerprint density at radius 1 is 1.22 bits per heavy atom. The molecule has 2 aliphatic rings. The maximum absolute atomic E-state index is 12.9. The largest absolute Gasteiger partial charge is 0.490 e. The van der Waals surface area contributed by atoms with Gasteiger partial charge in [-0.15, -0.1) is 0 Å². The highest BCUT2D eigenvalue weighted by Gasteiger charge is 2.33. The molecular weight excluding hydrogens is 316 g/mol. The first-order valence-electron chi connectivity index (χ1n) is 7.86. The van der Waals surface area contributed by atoms with Crippen LogP contribution < -0.4 is 9.64 Å². The Morgan fingerprint density at radius 2 is 1.91 bits per heavy atom. The summed E-state index contributed by atoms with van der Waals surface area (Å²) in [6.07, 6.45) is 2.37. The lowest BCUT2D eigenvalue weighted by molar-refractivity contribution is -0.123. The third-order valence-corrected chi connectivity index (χ3v) is 5.82. The number of aryl methyl sites for hydroxylation is 1. The van der Waals surface area contributed by atoms with Gasteiger partial charge in [-0.1, -0.05) is 6.07 Å². The van der Waals surface area contributed by atoms with Crippen LogP contribution in [0.2, 0.25) is 0 Å². The number of piperidine rings is 1. The third kappa shape index (κ3) is 3.35. The molecule has 0 spiro atoms. The van der Waals surface area contributed by atoms with Crippen molar-refractivity contribution in [1.82, 2.24) is 4.31 Å². The van der Waals surface area contributed by atoms with E-state index in [1.54, 1.807) is 4.90 Å². The first-order valence-corrected chi connectivity index (χ1v) is 9.71. The Kier molecular flexibility index (Phi) is 4.33. The Morgan fingerprint density at radius 3 is 2.57 bits per heavy atom. The molecule has 0 radical (unpaired) electrons. The number of nitrogens with zero attached hydrogens (tertiary/aromatic N) is 2. The second-order valence-electron chi connectivity index (χ2n) is 6.25. The van der Waals surface area contributed by atoms with Gasteiger partial charge in [-0.3, -0.25) is 4.79 Å². The van der Waals surface area contributed by atoms with E-state index in [0.717, 1.165) is 17.0 Å². The number of amides is 1. The standard InChI is InChI=1S/C16H22N2O4S/c1-12-3-4-15-14(11-12)18(9-10-22-15)16(19)13-5-7-17(8-6-13)23(2,20)21/h3-4,11,13H,5-10H2,1-2H3. The minimum absolute atomic E-state index is 0.0771. The predicted molar refractivity (Wildman–Crippen MR) is 88.2 cm³/mol. The number of hydrogen-bond donors (Lipinski definition) is 0. The molecule has 0 unspecified atom stereocenters. The SMILES string of the molecule is Cc1ccc2c(c1)N(C(=O)C1CCN(S(C)(=O)=O)CC1)CCO2. The molecule has 126 valence electrons. The highest BCUT2D eigenvalue weighted by Crippen LogP contribution is 2.34. The van der Waals surface area contributed by atoms with E-state index < -0.39 is 10.0 Å². The van der Waals surface area contributed by atoms with Gasteiger partial charge in [-0.05, 0) is 37.5 Å². The highest BCUT2D eigenvalue weighted by atomic mass is 32.2. The van der Waals surface area contributed by atoms with Gasteiger partial charge in [-0.25, -0.2) is 12.7 Å². The van der Waals surface area contributed by atoms with Crippen LogP contribution in [-0.2, 0) is 14.8 Å². The van der Waals surface area contributed by atoms with Crippen molar-refractivity contribution in [2.45, 2.75) is 19.8 Å². The van der Waals surface area contributed by atoms with E-state index in [1.165, 1.54) is 10.6 Å². The molecule has 7 heteroatoms. The number of ether oxygens (including phenoxy) is 1. The Hall–Kier alpha value is -1.60. The van der Waals surface area contributed by atoms with Crippen molar-refractivity contribution in [2.24, 2.45) is 5.92 Å². The predicted octanol–water partition coefficient (Wildman–Crippen LogP) is 1.39. The highest BCUT2D eigenvalue weighted by molar-refractivity contribution is 7.88. The Balaban J connectivity index is 1.74. The van der Waals surface area contributed by atoms with Crippen molar-refractivity contribution in [3.05, 3.63) is 23.8 Å². The van der Waals surface area contributed by atoms with Gasteiger partial charge >= 0.3 is 0 Å². The van der Waals surface area contributed by atoms with Gasteiger partial charge in [0.2, 0.25) is 15.9 Å². The van der Waals surface area contributed by atoms with Crippen LogP contribution in [0.5, 0.6) is 5.75 Å². The zero-order chi connectivity index (χ0) is 16.6. The van der Waals surface area contributed by atoms with Gasteiger partial charge in [0, 0.05) is 19.0 Å². The van der Waals surface area contributed by atoms with Crippen molar-refractivity contribution in [1.29, 1.82) is 0 Å². The fourth-order valence-electron chi connectivity index (χ4n) is 3.21. The monoisotopic (exact) mass is 338 g/mol. The first kappa shape index (κ1) is 16.3. The van der Waals surface area contributed by atoms with Crippen molar-refractivity contribution >= 4 is 21.6 Å². The van der Waals surface area contributed by atoms with Gasteiger partial charge in [-0.2, -0.15) is 0 Å². The van der Waals surface area contributed by atoms with E-state index in [1.807, 2.05) is 25.1 Å². The summed E-state index contributed by atoms with van der Waals surface area (Å²) >= 11 is 0. The van der Waals surface area contributed by atoms with Crippen LogP contribution in [-0.4, -0.2) is 51.1 Å². The molecule has 1 fully saturated rings. The summed E-state index contributed by atoms with van der Waals surface area (Å²) in [7, 11) is -3.17. The van der Waals surface area contributed by atoms with Crippen molar-refractivity contribution in [3.63, 3.8) is 0 Å². The first-order chi connectivity index (χ1) is 10.9. The smallest absolute Gasteiger partial charge is 0.230 e. The van der Waals surface area contributed by atoms with Gasteiger partial charge in [0.25, 0.3) is 0 Å². The zero-order valence-corrected chi connectivity index (χ0v) is 14.3. The summed E-state index contributed by atoms with van der Waals surface area (Å²) in [5.74, 6) is 0.691. The molecular formula is C16H22N2O4S. The van der Waals surface area contributed by atoms with E-state index >= 15 is 0 Å². The minimum Gasteiger partial charge on any atom is -0.490 e. The number of rotatable bonds is 2. The number of fused-ring (bicyclic) bond motifs is 1. The van der Waals surface area contributed by atoms with Crippen LogP contribution in [0.1, 0.15) is 18.4 Å². The molecule has 0 bridgehead atoms. The van der Waals surface area contributed by atoms with Crippen LogP contribution in [0.25, 0.3) is 0 Å². The molecule has 2 aliphatic heterocycles. The number of benzene rings is 1. The molecule has 0 aromatic heterocycles. The summed E-state index contributed by atoms with van der Waals surface area (Å²) in [5.41, 5.74) is 1.91. The Labute approximate surface area is 137 Å². The minimum atomic E-state index is -3.17. The van der Waals surface area contributed by atoms with Crippen LogP contribution in [0.4, 0.5) is 5.69 Å². The number of anilines is 1. The average molecular weight is 338 g/mol. The maximum atomic E-state index is 12.9. The van der Waals surface area contributed by atoms with Crippen molar-refractivity contribution in [2.75, 3.05) is 37.4 Å². The topological polar surface area (TPSA) is 66.9 Å². The summed E-state index contributed by atoms with van der Waals surface area (Å²) in [4.78, 5) is 14.7. The number of carbonyl (C=O) groups is 1. The number of carbonyl (C=O) groups excluding carboxylic acids is 1. The normalized spacial score (nSPS) is 20.0. The number of sulfonamides is 1. The lowest BCUT2D eigenvalue weighted by atomic mass is 9.96. The second kappa shape index (κ2) is 6.13. The fourth-order valence-corrected chi connectivity index (χ4v) is 4.09. The molecule has 1 saturated heterocycles. The third-order valence-electron chi connectivity index (χ3n) is 4.52. The van der Waals surface area contributed by atoms with E-state index in [4.69, 9.17) is 4.74 Å². The van der Waals surface area contributed by atoms with Crippen LogP contribution in [0.15, 0.2) is 18.2 Å². The van der Waals surface area contributed by atoms with Crippen LogP contribution in [0.3, 0.4) is 0 Å². The molecule has 0 saturated carbocycles.